The molecular weight excluding hydrogens is 386 g/mol. The minimum Gasteiger partial charge on any atom is -0.368 e. The fraction of sp³-hybridized carbons (Fsp3) is 0.167. The molecule has 0 fully saturated rings. The van der Waals surface area contributed by atoms with Crippen molar-refractivity contribution in [3.8, 4) is 0 Å². The van der Waals surface area contributed by atoms with Gasteiger partial charge in [-0.1, -0.05) is 48.5 Å². The molecule has 2 N–H and O–H groups in total. The Morgan fingerprint density at radius 1 is 0.933 bits per heavy atom. The Balaban J connectivity index is 1.86. The molecule has 4 nitrogen and oxygen atoms in total. The molecule has 2 amide bonds. The van der Waals surface area contributed by atoms with Crippen LogP contribution in [0.5, 0.6) is 0 Å². The minimum absolute atomic E-state index is 0.385. The summed E-state index contributed by atoms with van der Waals surface area (Å²) in [6, 6.07) is 17.9. The van der Waals surface area contributed by atoms with Gasteiger partial charge in [-0.05, 0) is 53.8 Å². The molecule has 6 heteroatoms. The first-order valence-electron chi connectivity index (χ1n) is 9.67. The second-order valence-electron chi connectivity index (χ2n) is 7.31. The summed E-state index contributed by atoms with van der Waals surface area (Å²) in [6.07, 6.45) is 0.906. The standard InChI is InChI=1S/C24H20F2N2O2/c25-19-13-17-11-12-21(18(17)14-20(19)26)28(24(30)16-9-5-2-6-10-16)22(23(27)29)15-7-3-1-4-8-15/h1-10,13-14,21-22H,11-12H2,(H2,27,29)/t21-,22-/m1/s1. The van der Waals surface area contributed by atoms with Gasteiger partial charge in [0.2, 0.25) is 5.91 Å². The van der Waals surface area contributed by atoms with E-state index in [9.17, 15) is 18.4 Å². The van der Waals surface area contributed by atoms with Crippen LogP contribution in [0.4, 0.5) is 8.78 Å². The lowest BCUT2D eigenvalue weighted by atomic mass is 9.98. The Morgan fingerprint density at radius 3 is 2.17 bits per heavy atom. The number of benzene rings is 3. The topological polar surface area (TPSA) is 63.4 Å². The number of halogens is 2. The maximum Gasteiger partial charge on any atom is 0.255 e. The molecule has 0 heterocycles. The Bertz CT molecular complexity index is 1090. The van der Waals surface area contributed by atoms with E-state index in [-0.39, 0.29) is 0 Å². The van der Waals surface area contributed by atoms with Crippen molar-refractivity contribution in [2.24, 2.45) is 5.73 Å². The van der Waals surface area contributed by atoms with Crippen LogP contribution in [-0.4, -0.2) is 16.7 Å². The van der Waals surface area contributed by atoms with Gasteiger partial charge in [-0.15, -0.1) is 0 Å². The smallest absolute Gasteiger partial charge is 0.255 e. The molecule has 0 saturated carbocycles. The van der Waals surface area contributed by atoms with Crippen molar-refractivity contribution in [1.29, 1.82) is 0 Å². The summed E-state index contributed by atoms with van der Waals surface area (Å²) in [4.78, 5) is 27.5. The van der Waals surface area contributed by atoms with Crippen LogP contribution in [0.2, 0.25) is 0 Å². The number of carbonyl (C=O) groups excluding carboxylic acids is 2. The third-order valence-electron chi connectivity index (χ3n) is 5.48. The van der Waals surface area contributed by atoms with E-state index in [1.807, 2.05) is 0 Å². The summed E-state index contributed by atoms with van der Waals surface area (Å²) in [5.74, 6) is -3.00. The van der Waals surface area contributed by atoms with Crippen LogP contribution in [0, 0.1) is 11.6 Å². The van der Waals surface area contributed by atoms with Crippen LogP contribution >= 0.6 is 0 Å². The van der Waals surface area contributed by atoms with Gasteiger partial charge in [-0.25, -0.2) is 8.78 Å². The Labute approximate surface area is 172 Å². The van der Waals surface area contributed by atoms with Crippen molar-refractivity contribution in [3.05, 3.63) is 107 Å². The number of aryl methyl sites for hydroxylation is 1. The molecule has 0 radical (unpaired) electrons. The second kappa shape index (κ2) is 8.06. The molecule has 0 aliphatic heterocycles. The molecule has 1 aliphatic carbocycles. The van der Waals surface area contributed by atoms with E-state index >= 15 is 0 Å². The van der Waals surface area contributed by atoms with Gasteiger partial charge in [0.15, 0.2) is 11.6 Å². The number of hydrogen-bond donors (Lipinski definition) is 1. The SMILES string of the molecule is NC(=O)[C@@H](c1ccccc1)N(C(=O)c1ccccc1)[C@@H]1CCc2cc(F)c(F)cc21. The van der Waals surface area contributed by atoms with Gasteiger partial charge in [-0.3, -0.25) is 9.59 Å². The Kier molecular flexibility index (Phi) is 5.31. The van der Waals surface area contributed by atoms with Crippen molar-refractivity contribution in [3.63, 3.8) is 0 Å². The number of nitrogens with two attached hydrogens (primary N) is 1. The van der Waals surface area contributed by atoms with E-state index in [2.05, 4.69) is 0 Å². The van der Waals surface area contributed by atoms with Crippen LogP contribution in [-0.2, 0) is 11.2 Å². The number of rotatable bonds is 5. The minimum atomic E-state index is -1.05. The molecule has 0 unspecified atom stereocenters. The molecule has 2 atom stereocenters. The molecular formula is C24H20F2N2O2. The number of carbonyl (C=O) groups is 2. The van der Waals surface area contributed by atoms with Crippen molar-refractivity contribution in [1.82, 2.24) is 4.90 Å². The summed E-state index contributed by atoms with van der Waals surface area (Å²) in [5, 5.41) is 0. The highest BCUT2D eigenvalue weighted by atomic mass is 19.2. The largest absolute Gasteiger partial charge is 0.368 e. The zero-order valence-electron chi connectivity index (χ0n) is 16.1. The molecule has 0 saturated heterocycles. The predicted molar refractivity (Wildman–Crippen MR) is 108 cm³/mol. The van der Waals surface area contributed by atoms with Gasteiger partial charge < -0.3 is 10.6 Å². The first kappa shape index (κ1) is 19.8. The molecule has 3 aromatic carbocycles. The van der Waals surface area contributed by atoms with Crippen molar-refractivity contribution in [2.75, 3.05) is 0 Å². The van der Waals surface area contributed by atoms with Gasteiger partial charge in [0.1, 0.15) is 6.04 Å². The zero-order valence-corrected chi connectivity index (χ0v) is 16.1. The van der Waals surface area contributed by atoms with Crippen molar-refractivity contribution < 1.29 is 18.4 Å². The van der Waals surface area contributed by atoms with E-state index in [1.54, 1.807) is 60.7 Å². The number of fused-ring (bicyclic) bond motifs is 1. The molecule has 0 spiro atoms. The van der Waals surface area contributed by atoms with Crippen LogP contribution in [0.15, 0.2) is 72.8 Å². The van der Waals surface area contributed by atoms with E-state index in [0.29, 0.717) is 35.1 Å². The maximum absolute atomic E-state index is 14.0. The molecule has 30 heavy (non-hydrogen) atoms. The first-order valence-corrected chi connectivity index (χ1v) is 9.67. The average molecular weight is 406 g/mol. The molecule has 0 aromatic heterocycles. The molecule has 1 aliphatic rings. The highest BCUT2D eigenvalue weighted by molar-refractivity contribution is 5.98. The Hall–Kier alpha value is -3.54. The number of nitrogens with zero attached hydrogens (tertiary/aromatic N) is 1. The summed E-state index contributed by atoms with van der Waals surface area (Å²) in [5.41, 5.74) is 7.83. The monoisotopic (exact) mass is 406 g/mol. The van der Waals surface area contributed by atoms with Crippen LogP contribution in [0.3, 0.4) is 0 Å². The van der Waals surface area contributed by atoms with E-state index in [0.717, 1.165) is 12.1 Å². The van der Waals surface area contributed by atoms with E-state index in [1.165, 1.54) is 4.90 Å². The zero-order chi connectivity index (χ0) is 21.3. The van der Waals surface area contributed by atoms with Crippen LogP contribution in [0.25, 0.3) is 0 Å². The summed E-state index contributed by atoms with van der Waals surface area (Å²) >= 11 is 0. The highest BCUT2D eigenvalue weighted by Gasteiger charge is 2.39. The fourth-order valence-corrected chi connectivity index (χ4v) is 4.13. The first-order chi connectivity index (χ1) is 14.5. The number of primary amides is 1. The number of amides is 2. The predicted octanol–water partition coefficient (Wildman–Crippen LogP) is 4.32. The maximum atomic E-state index is 14.0. The number of hydrogen-bond acceptors (Lipinski definition) is 2. The van der Waals surface area contributed by atoms with Gasteiger partial charge in [0.05, 0.1) is 6.04 Å². The van der Waals surface area contributed by atoms with Crippen molar-refractivity contribution in [2.45, 2.75) is 24.9 Å². The molecule has 4 rings (SSSR count). The Morgan fingerprint density at radius 2 is 1.53 bits per heavy atom. The van der Waals surface area contributed by atoms with Gasteiger partial charge in [0, 0.05) is 5.56 Å². The quantitative estimate of drug-likeness (QED) is 0.686. The molecule has 0 bridgehead atoms. The highest BCUT2D eigenvalue weighted by Crippen LogP contribution is 2.41. The van der Waals surface area contributed by atoms with Crippen LogP contribution in [0.1, 0.15) is 45.6 Å². The second-order valence-corrected chi connectivity index (χ2v) is 7.31. The third-order valence-corrected chi connectivity index (χ3v) is 5.48. The molecule has 3 aromatic rings. The summed E-state index contributed by atoms with van der Waals surface area (Å²) < 4.78 is 27.8. The summed E-state index contributed by atoms with van der Waals surface area (Å²) in [7, 11) is 0. The fourth-order valence-electron chi connectivity index (χ4n) is 4.13. The average Bonchev–Trinajstić information content (AvgIpc) is 3.14. The van der Waals surface area contributed by atoms with E-state index < -0.39 is 35.5 Å². The van der Waals surface area contributed by atoms with Gasteiger partial charge in [0.25, 0.3) is 5.91 Å². The van der Waals surface area contributed by atoms with E-state index in [4.69, 9.17) is 5.73 Å². The lowest BCUT2D eigenvalue weighted by Gasteiger charge is -2.36. The normalized spacial score (nSPS) is 16.0. The third kappa shape index (κ3) is 3.56. The van der Waals surface area contributed by atoms with Gasteiger partial charge >= 0.3 is 0 Å². The van der Waals surface area contributed by atoms with Crippen molar-refractivity contribution >= 4 is 11.8 Å². The summed E-state index contributed by atoms with van der Waals surface area (Å²) in [6.45, 7) is 0. The lowest BCUT2D eigenvalue weighted by Crippen LogP contribution is -2.43. The van der Waals surface area contributed by atoms with Crippen LogP contribution < -0.4 is 5.73 Å². The lowest BCUT2D eigenvalue weighted by molar-refractivity contribution is -0.123. The van der Waals surface area contributed by atoms with Gasteiger partial charge in [-0.2, -0.15) is 0 Å². The molecule has 152 valence electrons.